The molecule has 6 heteroatoms. The van der Waals surface area contributed by atoms with Gasteiger partial charge in [-0.25, -0.2) is 8.42 Å². The second kappa shape index (κ2) is 5.88. The zero-order valence-corrected chi connectivity index (χ0v) is 14.9. The Morgan fingerprint density at radius 1 is 1.04 bits per heavy atom. The van der Waals surface area contributed by atoms with Gasteiger partial charge in [0, 0.05) is 24.3 Å². The van der Waals surface area contributed by atoms with Crippen LogP contribution in [0.2, 0.25) is 0 Å². The van der Waals surface area contributed by atoms with Crippen LogP contribution in [0.3, 0.4) is 0 Å². The first kappa shape index (κ1) is 16.1. The van der Waals surface area contributed by atoms with Crippen molar-refractivity contribution >= 4 is 27.3 Å². The number of benzene rings is 2. The Morgan fingerprint density at radius 3 is 2.48 bits per heavy atom. The minimum absolute atomic E-state index is 0.0415. The molecule has 2 aromatic carbocycles. The van der Waals surface area contributed by atoms with Crippen LogP contribution in [-0.4, -0.2) is 33.2 Å². The van der Waals surface area contributed by atoms with Crippen LogP contribution in [0.5, 0.6) is 0 Å². The number of nitrogens with zero attached hydrogens (tertiary/aromatic N) is 2. The molecule has 25 heavy (non-hydrogen) atoms. The molecule has 0 atom stereocenters. The van der Waals surface area contributed by atoms with Crippen molar-refractivity contribution in [3.63, 3.8) is 0 Å². The van der Waals surface area contributed by atoms with E-state index in [-0.39, 0.29) is 11.7 Å². The van der Waals surface area contributed by atoms with E-state index in [1.165, 1.54) is 9.87 Å². The molecule has 0 saturated carbocycles. The molecule has 2 aliphatic rings. The normalized spacial score (nSPS) is 18.4. The van der Waals surface area contributed by atoms with Crippen molar-refractivity contribution in [2.24, 2.45) is 0 Å². The van der Waals surface area contributed by atoms with Crippen molar-refractivity contribution in [2.75, 3.05) is 28.0 Å². The van der Waals surface area contributed by atoms with Gasteiger partial charge in [0.1, 0.15) is 0 Å². The van der Waals surface area contributed by atoms with E-state index in [0.29, 0.717) is 30.8 Å². The van der Waals surface area contributed by atoms with Gasteiger partial charge in [0.2, 0.25) is 10.0 Å². The molecule has 2 aromatic rings. The van der Waals surface area contributed by atoms with Gasteiger partial charge in [-0.2, -0.15) is 0 Å². The first-order valence-corrected chi connectivity index (χ1v) is 10.1. The molecule has 0 bridgehead atoms. The molecular weight excluding hydrogens is 336 g/mol. The van der Waals surface area contributed by atoms with Crippen molar-refractivity contribution < 1.29 is 13.2 Å². The lowest BCUT2D eigenvalue weighted by atomic mass is 10.1. The minimum Gasteiger partial charge on any atom is -0.308 e. The quantitative estimate of drug-likeness (QED) is 0.831. The molecule has 0 spiro atoms. The topological polar surface area (TPSA) is 57.7 Å². The summed E-state index contributed by atoms with van der Waals surface area (Å²) in [7, 11) is -3.20. The highest BCUT2D eigenvalue weighted by atomic mass is 32.2. The second-order valence-corrected chi connectivity index (χ2v) is 8.64. The van der Waals surface area contributed by atoms with Crippen LogP contribution in [0.4, 0.5) is 11.4 Å². The van der Waals surface area contributed by atoms with Crippen LogP contribution >= 0.6 is 0 Å². The van der Waals surface area contributed by atoms with Crippen molar-refractivity contribution in [3.05, 3.63) is 59.2 Å². The van der Waals surface area contributed by atoms with Gasteiger partial charge in [-0.05, 0) is 61.2 Å². The lowest BCUT2D eigenvalue weighted by molar-refractivity contribution is 0.0989. The van der Waals surface area contributed by atoms with E-state index in [9.17, 15) is 13.2 Å². The molecule has 0 N–H and O–H groups in total. The van der Waals surface area contributed by atoms with E-state index < -0.39 is 10.0 Å². The third kappa shape index (κ3) is 2.80. The number of anilines is 2. The van der Waals surface area contributed by atoms with Gasteiger partial charge >= 0.3 is 0 Å². The van der Waals surface area contributed by atoms with Gasteiger partial charge in [0.15, 0.2) is 0 Å². The maximum absolute atomic E-state index is 12.9. The molecule has 5 nitrogen and oxygen atoms in total. The number of hydrogen-bond acceptors (Lipinski definition) is 3. The van der Waals surface area contributed by atoms with Gasteiger partial charge in [-0.3, -0.25) is 9.10 Å². The molecule has 0 radical (unpaired) electrons. The minimum atomic E-state index is -3.20. The molecule has 1 saturated heterocycles. The highest BCUT2D eigenvalue weighted by Gasteiger charge is 2.29. The number of fused-ring (bicyclic) bond motifs is 1. The third-order valence-corrected chi connectivity index (χ3v) is 6.75. The molecule has 2 heterocycles. The Morgan fingerprint density at radius 2 is 1.80 bits per heavy atom. The van der Waals surface area contributed by atoms with E-state index >= 15 is 0 Å². The van der Waals surface area contributed by atoms with Crippen molar-refractivity contribution in [2.45, 2.75) is 19.8 Å². The largest absolute Gasteiger partial charge is 0.308 e. The molecule has 1 fully saturated rings. The lowest BCUT2D eigenvalue weighted by Crippen LogP contribution is -2.29. The fraction of sp³-hybridized carbons (Fsp3) is 0.316. The van der Waals surface area contributed by atoms with Gasteiger partial charge in [-0.15, -0.1) is 0 Å². The molecule has 0 aliphatic carbocycles. The van der Waals surface area contributed by atoms with Gasteiger partial charge in [-0.1, -0.05) is 12.1 Å². The Kier molecular flexibility index (Phi) is 3.80. The third-order valence-electron chi connectivity index (χ3n) is 4.88. The Labute approximate surface area is 147 Å². The molecule has 130 valence electrons. The Bertz CT molecular complexity index is 936. The number of amides is 1. The number of sulfonamides is 1. The monoisotopic (exact) mass is 356 g/mol. The van der Waals surface area contributed by atoms with Crippen LogP contribution in [0.1, 0.15) is 27.9 Å². The summed E-state index contributed by atoms with van der Waals surface area (Å²) >= 11 is 0. The summed E-state index contributed by atoms with van der Waals surface area (Å²) in [6.07, 6.45) is 1.51. The maximum Gasteiger partial charge on any atom is 0.258 e. The average Bonchev–Trinajstić information content (AvgIpc) is 3.16. The van der Waals surface area contributed by atoms with Gasteiger partial charge in [0.05, 0.1) is 11.4 Å². The Hall–Kier alpha value is -2.34. The first-order chi connectivity index (χ1) is 12.0. The fourth-order valence-corrected chi connectivity index (χ4v) is 5.12. The van der Waals surface area contributed by atoms with Gasteiger partial charge in [0.25, 0.3) is 5.91 Å². The molecule has 4 rings (SSSR count). The van der Waals surface area contributed by atoms with Crippen LogP contribution in [0.25, 0.3) is 0 Å². The van der Waals surface area contributed by atoms with E-state index in [2.05, 4.69) is 12.1 Å². The molecule has 0 aromatic heterocycles. The second-order valence-electron chi connectivity index (χ2n) is 6.63. The van der Waals surface area contributed by atoms with E-state index in [4.69, 9.17) is 0 Å². The summed E-state index contributed by atoms with van der Waals surface area (Å²) in [5.41, 5.74) is 4.52. The Balaban J connectivity index is 1.59. The van der Waals surface area contributed by atoms with Crippen LogP contribution < -0.4 is 9.21 Å². The SMILES string of the molecule is Cc1ccc2c(c1)N(C(=O)c1ccc(N3CCCS3(=O)=O)cc1)CC2. The van der Waals surface area contributed by atoms with Gasteiger partial charge < -0.3 is 4.90 Å². The number of carbonyl (C=O) groups is 1. The van der Waals surface area contributed by atoms with Crippen LogP contribution in [0, 0.1) is 6.92 Å². The van der Waals surface area contributed by atoms with E-state index in [1.54, 1.807) is 24.3 Å². The average molecular weight is 356 g/mol. The van der Waals surface area contributed by atoms with Crippen molar-refractivity contribution in [1.82, 2.24) is 0 Å². The predicted molar refractivity (Wildman–Crippen MR) is 98.8 cm³/mol. The molecule has 0 unspecified atom stereocenters. The highest BCUT2D eigenvalue weighted by Crippen LogP contribution is 2.31. The number of hydrogen-bond donors (Lipinski definition) is 0. The summed E-state index contributed by atoms with van der Waals surface area (Å²) in [5, 5.41) is 0. The zero-order chi connectivity index (χ0) is 17.6. The summed E-state index contributed by atoms with van der Waals surface area (Å²) in [4.78, 5) is 14.7. The molecule has 2 aliphatic heterocycles. The summed E-state index contributed by atoms with van der Waals surface area (Å²) in [6.45, 7) is 3.21. The van der Waals surface area contributed by atoms with E-state index in [1.807, 2.05) is 17.9 Å². The lowest BCUT2D eigenvalue weighted by Gasteiger charge is -2.20. The van der Waals surface area contributed by atoms with E-state index in [0.717, 1.165) is 17.7 Å². The zero-order valence-electron chi connectivity index (χ0n) is 14.1. The molecule has 1 amide bonds. The number of rotatable bonds is 2. The number of carbonyl (C=O) groups excluding carboxylic acids is 1. The highest BCUT2D eigenvalue weighted by molar-refractivity contribution is 7.93. The van der Waals surface area contributed by atoms with Crippen LogP contribution in [-0.2, 0) is 16.4 Å². The van der Waals surface area contributed by atoms with Crippen molar-refractivity contribution in [1.29, 1.82) is 0 Å². The standard InChI is InChI=1S/C19H20N2O3S/c1-14-3-4-15-9-11-20(18(15)13-14)19(22)16-5-7-17(8-6-16)21-10-2-12-25(21,23)24/h3-8,13H,2,9-12H2,1H3. The van der Waals surface area contributed by atoms with Crippen LogP contribution in [0.15, 0.2) is 42.5 Å². The summed E-state index contributed by atoms with van der Waals surface area (Å²) in [6, 6.07) is 13.1. The molecular formula is C19H20N2O3S. The maximum atomic E-state index is 12.9. The smallest absolute Gasteiger partial charge is 0.258 e. The summed E-state index contributed by atoms with van der Waals surface area (Å²) < 4.78 is 25.4. The first-order valence-electron chi connectivity index (χ1n) is 8.47. The number of aryl methyl sites for hydroxylation is 1. The fourth-order valence-electron chi connectivity index (χ4n) is 3.56. The predicted octanol–water partition coefficient (Wildman–Crippen LogP) is 2.74. The summed E-state index contributed by atoms with van der Waals surface area (Å²) in [5.74, 6) is 0.151. The van der Waals surface area contributed by atoms with Crippen molar-refractivity contribution in [3.8, 4) is 0 Å².